The van der Waals surface area contributed by atoms with E-state index in [2.05, 4.69) is 26.2 Å². The largest absolute Gasteiger partial charge is 0.456 e. The second-order valence-corrected chi connectivity index (χ2v) is 12.5. The van der Waals surface area contributed by atoms with Crippen LogP contribution in [-0.4, -0.2) is 23.3 Å². The SMILES string of the molecule is CC(=O)Oc1ccccc1CCC[Si](C)(C)O[Si](C)C. The highest BCUT2D eigenvalue weighted by Crippen LogP contribution is 2.23. The maximum Gasteiger partial charge on any atom is 0.308 e. The van der Waals surface area contributed by atoms with Gasteiger partial charge >= 0.3 is 5.97 Å². The molecule has 0 amide bonds. The average molecular weight is 310 g/mol. The minimum Gasteiger partial charge on any atom is -0.456 e. The Morgan fingerprint density at radius 3 is 2.50 bits per heavy atom. The summed E-state index contributed by atoms with van der Waals surface area (Å²) < 4.78 is 11.4. The normalized spacial score (nSPS) is 11.7. The molecule has 0 heterocycles. The molecule has 0 unspecified atom stereocenters. The van der Waals surface area contributed by atoms with Crippen molar-refractivity contribution >= 4 is 23.3 Å². The molecule has 1 rings (SSSR count). The summed E-state index contributed by atoms with van der Waals surface area (Å²) in [6.45, 7) is 10.4. The topological polar surface area (TPSA) is 35.5 Å². The van der Waals surface area contributed by atoms with E-state index in [1.807, 2.05) is 24.3 Å². The lowest BCUT2D eigenvalue weighted by molar-refractivity contribution is -0.131. The van der Waals surface area contributed by atoms with E-state index in [1.165, 1.54) is 6.92 Å². The minimum atomic E-state index is -1.53. The number of aryl methyl sites for hydroxylation is 1. The molecule has 3 nitrogen and oxygen atoms in total. The molecule has 0 saturated heterocycles. The number of esters is 1. The average Bonchev–Trinajstić information content (AvgIpc) is 2.28. The Kier molecular flexibility index (Phi) is 6.65. The smallest absolute Gasteiger partial charge is 0.308 e. The van der Waals surface area contributed by atoms with Gasteiger partial charge in [0, 0.05) is 6.92 Å². The van der Waals surface area contributed by atoms with Crippen LogP contribution in [-0.2, 0) is 15.3 Å². The van der Waals surface area contributed by atoms with Gasteiger partial charge in [0.15, 0.2) is 17.4 Å². The molecule has 0 aliphatic rings. The lowest BCUT2D eigenvalue weighted by atomic mass is 10.1. The Morgan fingerprint density at radius 2 is 1.90 bits per heavy atom. The molecule has 1 aromatic rings. The van der Waals surface area contributed by atoms with Crippen LogP contribution in [0.25, 0.3) is 0 Å². The lowest BCUT2D eigenvalue weighted by Crippen LogP contribution is -2.35. The predicted molar refractivity (Wildman–Crippen MR) is 86.9 cm³/mol. The summed E-state index contributed by atoms with van der Waals surface area (Å²) >= 11 is 0. The number of para-hydroxylation sites is 1. The molecule has 0 spiro atoms. The number of ether oxygens (including phenoxy) is 1. The van der Waals surface area contributed by atoms with E-state index in [9.17, 15) is 4.79 Å². The third kappa shape index (κ3) is 6.50. The van der Waals surface area contributed by atoms with Gasteiger partial charge in [-0.25, -0.2) is 0 Å². The molecular formula is C15H25O3Si2. The summed E-state index contributed by atoms with van der Waals surface area (Å²) in [4.78, 5) is 11.1. The van der Waals surface area contributed by atoms with Crippen molar-refractivity contribution in [1.29, 1.82) is 0 Å². The number of rotatable bonds is 7. The zero-order chi connectivity index (χ0) is 15.2. The molecule has 111 valence electrons. The summed E-state index contributed by atoms with van der Waals surface area (Å²) in [5.74, 6) is 0.427. The van der Waals surface area contributed by atoms with E-state index in [0.29, 0.717) is 5.75 Å². The number of carbonyl (C=O) groups excluding carboxylic acids is 1. The summed E-state index contributed by atoms with van der Waals surface area (Å²) in [5.41, 5.74) is 1.10. The van der Waals surface area contributed by atoms with Crippen LogP contribution in [0.15, 0.2) is 24.3 Å². The van der Waals surface area contributed by atoms with Gasteiger partial charge in [-0.2, -0.15) is 0 Å². The van der Waals surface area contributed by atoms with Crippen molar-refractivity contribution in [3.8, 4) is 5.75 Å². The van der Waals surface area contributed by atoms with Crippen molar-refractivity contribution in [3.63, 3.8) is 0 Å². The molecule has 0 aromatic heterocycles. The van der Waals surface area contributed by atoms with Crippen molar-refractivity contribution in [1.82, 2.24) is 0 Å². The molecule has 0 atom stereocenters. The Bertz CT molecular complexity index is 444. The van der Waals surface area contributed by atoms with Crippen LogP contribution in [0.4, 0.5) is 0 Å². The van der Waals surface area contributed by atoms with Gasteiger partial charge < -0.3 is 8.85 Å². The first-order chi connectivity index (χ1) is 9.30. The summed E-state index contributed by atoms with van der Waals surface area (Å²) in [6, 6.07) is 8.90. The quantitative estimate of drug-likeness (QED) is 0.433. The van der Waals surface area contributed by atoms with Gasteiger partial charge in [0.05, 0.1) is 0 Å². The zero-order valence-corrected chi connectivity index (χ0v) is 15.2. The predicted octanol–water partition coefficient (Wildman–Crippen LogP) is 4.02. The highest BCUT2D eigenvalue weighted by atomic mass is 28.4. The van der Waals surface area contributed by atoms with Crippen molar-refractivity contribution in [2.75, 3.05) is 0 Å². The Balaban J connectivity index is 2.55. The maximum atomic E-state index is 11.1. The molecule has 5 heteroatoms. The van der Waals surface area contributed by atoms with Gasteiger partial charge in [0.1, 0.15) is 5.75 Å². The third-order valence-electron chi connectivity index (χ3n) is 2.93. The highest BCUT2D eigenvalue weighted by molar-refractivity contribution is 6.77. The second kappa shape index (κ2) is 7.76. The van der Waals surface area contributed by atoms with Crippen LogP contribution in [0, 0.1) is 0 Å². The van der Waals surface area contributed by atoms with E-state index in [4.69, 9.17) is 8.85 Å². The van der Waals surface area contributed by atoms with Crippen LogP contribution in [0.5, 0.6) is 5.75 Å². The molecule has 1 radical (unpaired) electrons. The van der Waals surface area contributed by atoms with Crippen LogP contribution in [0.1, 0.15) is 18.9 Å². The monoisotopic (exact) mass is 309 g/mol. The molecule has 0 aliphatic carbocycles. The van der Waals surface area contributed by atoms with Crippen LogP contribution in [0.3, 0.4) is 0 Å². The van der Waals surface area contributed by atoms with Crippen LogP contribution >= 0.6 is 0 Å². The zero-order valence-electron chi connectivity index (χ0n) is 13.2. The molecule has 0 bridgehead atoms. The van der Waals surface area contributed by atoms with Crippen LogP contribution in [0.2, 0.25) is 32.2 Å². The van der Waals surface area contributed by atoms with E-state index in [0.717, 1.165) is 24.4 Å². The number of carbonyl (C=O) groups is 1. The molecule has 1 aromatic carbocycles. The summed E-state index contributed by atoms with van der Waals surface area (Å²) in [5, 5.41) is 0. The highest BCUT2D eigenvalue weighted by Gasteiger charge is 2.23. The van der Waals surface area contributed by atoms with Gasteiger partial charge in [0.25, 0.3) is 0 Å². The Morgan fingerprint density at radius 1 is 1.25 bits per heavy atom. The molecule has 20 heavy (non-hydrogen) atoms. The number of benzene rings is 1. The van der Waals surface area contributed by atoms with Gasteiger partial charge in [-0.15, -0.1) is 0 Å². The molecule has 0 aliphatic heterocycles. The third-order valence-corrected chi connectivity index (χ3v) is 8.33. The Labute approximate surface area is 125 Å². The first kappa shape index (κ1) is 17.1. The standard InChI is InChI=1S/C15H25O3Si2/c1-13(16)17-15-11-7-6-9-14(15)10-8-12-20(4,5)18-19(2)3/h6-7,9,11H,8,10,12H2,1-5H3. The van der Waals surface area contributed by atoms with Crippen molar-refractivity contribution in [2.24, 2.45) is 0 Å². The van der Waals surface area contributed by atoms with E-state index >= 15 is 0 Å². The summed E-state index contributed by atoms with van der Waals surface area (Å²) in [7, 11) is -2.15. The minimum absolute atomic E-state index is 0.264. The van der Waals surface area contributed by atoms with Crippen molar-refractivity contribution < 1.29 is 13.6 Å². The lowest BCUT2D eigenvalue weighted by Gasteiger charge is -2.25. The van der Waals surface area contributed by atoms with Crippen LogP contribution < -0.4 is 4.74 Å². The fraction of sp³-hybridized carbons (Fsp3) is 0.533. The molecular weight excluding hydrogens is 284 g/mol. The van der Waals surface area contributed by atoms with E-state index in [-0.39, 0.29) is 5.97 Å². The van der Waals surface area contributed by atoms with Gasteiger partial charge in [-0.1, -0.05) is 18.2 Å². The molecule has 0 N–H and O–H groups in total. The number of hydrogen-bond donors (Lipinski definition) is 0. The van der Waals surface area contributed by atoms with E-state index < -0.39 is 17.4 Å². The van der Waals surface area contributed by atoms with Gasteiger partial charge in [-0.3, -0.25) is 4.79 Å². The van der Waals surface area contributed by atoms with Gasteiger partial charge in [0.2, 0.25) is 0 Å². The number of hydrogen-bond acceptors (Lipinski definition) is 3. The van der Waals surface area contributed by atoms with Crippen molar-refractivity contribution in [2.45, 2.75) is 52.0 Å². The first-order valence-electron chi connectivity index (χ1n) is 7.06. The van der Waals surface area contributed by atoms with Crippen molar-refractivity contribution in [3.05, 3.63) is 29.8 Å². The second-order valence-electron chi connectivity index (χ2n) is 5.82. The molecule has 0 fully saturated rings. The van der Waals surface area contributed by atoms with Gasteiger partial charge in [-0.05, 0) is 56.7 Å². The maximum absolute atomic E-state index is 11.1. The fourth-order valence-electron chi connectivity index (χ4n) is 2.27. The summed E-state index contributed by atoms with van der Waals surface area (Å²) in [6.07, 6.45) is 2.01. The van der Waals surface area contributed by atoms with E-state index in [1.54, 1.807) is 0 Å². The Hall–Kier alpha value is -0.916. The fourth-order valence-corrected chi connectivity index (χ4v) is 8.13. The molecule has 0 saturated carbocycles. The first-order valence-corrected chi connectivity index (χ1v) is 12.6.